The summed E-state index contributed by atoms with van der Waals surface area (Å²) in [6, 6.07) is 25.8. The van der Waals surface area contributed by atoms with E-state index in [-0.39, 0.29) is 5.92 Å². The molecule has 0 bridgehead atoms. The van der Waals surface area contributed by atoms with Gasteiger partial charge >= 0.3 is 0 Å². The molecule has 2 aromatic heterocycles. The SMILES string of the molecule is COc1ccc(-n2nc(CC(c3cccc(C)c3)c3nnnn3CCC#N)cc2-c2ccc(Cl)c(Cl)c2)cc1. The molecule has 0 aliphatic heterocycles. The van der Waals surface area contributed by atoms with E-state index in [2.05, 4.69) is 52.8 Å². The fraction of sp³-hybridized carbons (Fsp3) is 0.207. The van der Waals surface area contributed by atoms with E-state index in [4.69, 9.17) is 38.3 Å². The fourth-order valence-electron chi connectivity index (χ4n) is 4.54. The van der Waals surface area contributed by atoms with E-state index >= 15 is 0 Å². The van der Waals surface area contributed by atoms with E-state index in [1.165, 1.54) is 0 Å². The Morgan fingerprint density at radius 2 is 1.82 bits per heavy atom. The zero-order valence-electron chi connectivity index (χ0n) is 21.4. The molecule has 0 aliphatic carbocycles. The third kappa shape index (κ3) is 5.80. The van der Waals surface area contributed by atoms with E-state index in [0.717, 1.165) is 39.5 Å². The average Bonchev–Trinajstić information content (AvgIpc) is 3.59. The molecule has 0 aliphatic rings. The number of tetrazole rings is 1. The second kappa shape index (κ2) is 11.7. The molecule has 0 amide bonds. The number of hydrogen-bond donors (Lipinski definition) is 0. The summed E-state index contributed by atoms with van der Waals surface area (Å²) >= 11 is 12.6. The molecule has 196 valence electrons. The van der Waals surface area contributed by atoms with Crippen molar-refractivity contribution >= 4 is 23.2 Å². The maximum Gasteiger partial charge on any atom is 0.159 e. The first-order valence-electron chi connectivity index (χ1n) is 12.3. The van der Waals surface area contributed by atoms with Gasteiger partial charge in [-0.25, -0.2) is 9.36 Å². The number of nitriles is 1. The highest BCUT2D eigenvalue weighted by atomic mass is 35.5. The third-order valence-corrected chi connectivity index (χ3v) is 7.20. The van der Waals surface area contributed by atoms with Gasteiger partial charge in [-0.05, 0) is 65.4 Å². The Kier molecular flexibility index (Phi) is 7.92. The van der Waals surface area contributed by atoms with Crippen LogP contribution in [-0.4, -0.2) is 37.1 Å². The van der Waals surface area contributed by atoms with Gasteiger partial charge in [0.15, 0.2) is 5.82 Å². The minimum Gasteiger partial charge on any atom is -0.497 e. The summed E-state index contributed by atoms with van der Waals surface area (Å²) in [5.41, 5.74) is 5.65. The van der Waals surface area contributed by atoms with Crippen LogP contribution in [0.25, 0.3) is 16.9 Å². The quantitative estimate of drug-likeness (QED) is 0.207. The normalized spacial score (nSPS) is 11.8. The Labute approximate surface area is 236 Å². The number of methoxy groups -OCH3 is 1. The highest BCUT2D eigenvalue weighted by Crippen LogP contribution is 2.33. The van der Waals surface area contributed by atoms with Crippen LogP contribution in [0.1, 0.15) is 35.0 Å². The van der Waals surface area contributed by atoms with Crippen molar-refractivity contribution in [2.24, 2.45) is 0 Å². The van der Waals surface area contributed by atoms with Crippen LogP contribution < -0.4 is 4.74 Å². The molecule has 3 aromatic carbocycles. The monoisotopic (exact) mass is 557 g/mol. The third-order valence-electron chi connectivity index (χ3n) is 6.46. The lowest BCUT2D eigenvalue weighted by molar-refractivity contribution is 0.414. The molecule has 1 unspecified atom stereocenters. The van der Waals surface area contributed by atoms with Gasteiger partial charge in [0.25, 0.3) is 0 Å². The van der Waals surface area contributed by atoms with Crippen LogP contribution in [0.2, 0.25) is 10.0 Å². The molecule has 5 aromatic rings. The second-order valence-corrected chi connectivity index (χ2v) is 9.91. The van der Waals surface area contributed by atoms with Crippen LogP contribution in [0.5, 0.6) is 5.75 Å². The number of aromatic nitrogens is 6. The summed E-state index contributed by atoms with van der Waals surface area (Å²) in [6.07, 6.45) is 0.847. The lowest BCUT2D eigenvalue weighted by atomic mass is 9.92. The summed E-state index contributed by atoms with van der Waals surface area (Å²) in [4.78, 5) is 0. The van der Waals surface area contributed by atoms with Crippen LogP contribution in [0, 0.1) is 18.3 Å². The van der Waals surface area contributed by atoms with Crippen LogP contribution in [-0.2, 0) is 13.0 Å². The predicted octanol–water partition coefficient (Wildman–Crippen LogP) is 6.44. The topological polar surface area (TPSA) is 94.4 Å². The standard InChI is InChI=1S/C29H25Cl2N7O/c1-19-5-3-6-20(15-19)25(29-33-35-36-37(29)14-4-13-32)17-22-18-28(21-7-12-26(30)27(31)16-21)38(34-22)23-8-10-24(39-2)11-9-23/h3,5-12,15-16,18,25H,4,14,17H2,1-2H3. The van der Waals surface area contributed by atoms with Crippen molar-refractivity contribution in [2.75, 3.05) is 7.11 Å². The van der Waals surface area contributed by atoms with Crippen molar-refractivity contribution in [3.63, 3.8) is 0 Å². The number of halogens is 2. The molecule has 10 heteroatoms. The molecule has 0 fully saturated rings. The Morgan fingerprint density at radius 1 is 1.00 bits per heavy atom. The first kappa shape index (κ1) is 26.4. The average molecular weight is 558 g/mol. The zero-order chi connectivity index (χ0) is 27.4. The van der Waals surface area contributed by atoms with Gasteiger partial charge in [0.1, 0.15) is 5.75 Å². The molecular formula is C29H25Cl2N7O. The summed E-state index contributed by atoms with van der Waals surface area (Å²) in [5.74, 6) is 1.26. The first-order valence-corrected chi connectivity index (χ1v) is 13.1. The first-order chi connectivity index (χ1) is 19.0. The largest absolute Gasteiger partial charge is 0.497 e. The van der Waals surface area contributed by atoms with E-state index in [0.29, 0.717) is 35.3 Å². The highest BCUT2D eigenvalue weighted by Gasteiger charge is 2.24. The molecule has 8 nitrogen and oxygen atoms in total. The van der Waals surface area contributed by atoms with Gasteiger partial charge in [0.2, 0.25) is 0 Å². The number of benzene rings is 3. The minimum atomic E-state index is -0.181. The van der Waals surface area contributed by atoms with Crippen molar-refractivity contribution in [1.29, 1.82) is 5.26 Å². The van der Waals surface area contributed by atoms with Crippen molar-refractivity contribution in [3.8, 4) is 28.8 Å². The van der Waals surface area contributed by atoms with Gasteiger partial charge in [-0.3, -0.25) is 0 Å². The lowest BCUT2D eigenvalue weighted by Gasteiger charge is -2.16. The number of hydrogen-bond acceptors (Lipinski definition) is 6. The van der Waals surface area contributed by atoms with Gasteiger partial charge in [-0.1, -0.05) is 59.1 Å². The Morgan fingerprint density at radius 3 is 2.54 bits per heavy atom. The van der Waals surface area contributed by atoms with Crippen LogP contribution in [0.3, 0.4) is 0 Å². The van der Waals surface area contributed by atoms with Crippen molar-refractivity contribution in [3.05, 3.63) is 105 Å². The molecule has 0 saturated heterocycles. The number of aryl methyl sites for hydroxylation is 2. The van der Waals surface area contributed by atoms with Crippen molar-refractivity contribution in [1.82, 2.24) is 30.0 Å². The molecule has 39 heavy (non-hydrogen) atoms. The fourth-order valence-corrected chi connectivity index (χ4v) is 4.84. The predicted molar refractivity (Wildman–Crippen MR) is 150 cm³/mol. The molecular weight excluding hydrogens is 533 g/mol. The zero-order valence-corrected chi connectivity index (χ0v) is 22.9. The number of rotatable bonds is 9. The Bertz CT molecular complexity index is 1640. The van der Waals surface area contributed by atoms with Crippen LogP contribution >= 0.6 is 23.2 Å². The Hall–Kier alpha value is -4.19. The maximum absolute atomic E-state index is 9.13. The molecule has 1 atom stereocenters. The van der Waals surface area contributed by atoms with E-state index in [1.54, 1.807) is 17.9 Å². The summed E-state index contributed by atoms with van der Waals surface area (Å²) in [6.45, 7) is 2.47. The van der Waals surface area contributed by atoms with Gasteiger partial charge in [-0.2, -0.15) is 10.4 Å². The van der Waals surface area contributed by atoms with Gasteiger partial charge < -0.3 is 4.74 Å². The molecule has 0 N–H and O–H groups in total. The van der Waals surface area contributed by atoms with Crippen molar-refractivity contribution < 1.29 is 4.74 Å². The number of nitrogens with zero attached hydrogens (tertiary/aromatic N) is 7. The van der Waals surface area contributed by atoms with E-state index < -0.39 is 0 Å². The molecule has 0 spiro atoms. The smallest absolute Gasteiger partial charge is 0.159 e. The van der Waals surface area contributed by atoms with E-state index in [9.17, 15) is 0 Å². The molecule has 0 saturated carbocycles. The summed E-state index contributed by atoms with van der Waals surface area (Å²) in [5, 5.41) is 27.6. The lowest BCUT2D eigenvalue weighted by Crippen LogP contribution is -2.15. The van der Waals surface area contributed by atoms with Crippen LogP contribution in [0.15, 0.2) is 72.8 Å². The summed E-state index contributed by atoms with van der Waals surface area (Å²) in [7, 11) is 1.64. The van der Waals surface area contributed by atoms with Crippen molar-refractivity contribution in [2.45, 2.75) is 32.2 Å². The highest BCUT2D eigenvalue weighted by molar-refractivity contribution is 6.42. The number of ether oxygens (including phenoxy) is 1. The van der Waals surface area contributed by atoms with Gasteiger partial charge in [0.05, 0.1) is 59.2 Å². The van der Waals surface area contributed by atoms with E-state index in [1.807, 2.05) is 47.1 Å². The van der Waals surface area contributed by atoms with Gasteiger partial charge in [-0.15, -0.1) is 5.10 Å². The minimum absolute atomic E-state index is 0.181. The molecule has 2 heterocycles. The molecule has 0 radical (unpaired) electrons. The summed E-state index contributed by atoms with van der Waals surface area (Å²) < 4.78 is 8.94. The van der Waals surface area contributed by atoms with Crippen LogP contribution in [0.4, 0.5) is 0 Å². The maximum atomic E-state index is 9.13. The second-order valence-electron chi connectivity index (χ2n) is 9.10. The molecule has 5 rings (SSSR count). The van der Waals surface area contributed by atoms with Gasteiger partial charge in [0, 0.05) is 12.0 Å². The Balaban J connectivity index is 1.61.